The number of hydrogen-bond donors (Lipinski definition) is 0. The number of rotatable bonds is 4. The molecule has 0 spiro atoms. The van der Waals surface area contributed by atoms with Crippen LogP contribution in [0.3, 0.4) is 0 Å². The minimum absolute atomic E-state index is 0.0478. The van der Waals surface area contributed by atoms with Crippen molar-refractivity contribution in [1.29, 1.82) is 0 Å². The van der Waals surface area contributed by atoms with Gasteiger partial charge in [-0.15, -0.1) is 0 Å². The van der Waals surface area contributed by atoms with Gasteiger partial charge < -0.3 is 0 Å². The Labute approximate surface area is 148 Å². The van der Waals surface area contributed by atoms with E-state index in [-0.39, 0.29) is 11.0 Å². The number of hydrogen-bond acceptors (Lipinski definition) is 6. The lowest BCUT2D eigenvalue weighted by Crippen LogP contribution is -2.36. The summed E-state index contributed by atoms with van der Waals surface area (Å²) in [4.78, 5) is 19.2. The highest BCUT2D eigenvalue weighted by Gasteiger charge is 2.22. The summed E-state index contributed by atoms with van der Waals surface area (Å²) in [5.74, 6) is 0.507. The molecule has 0 bridgehead atoms. The highest BCUT2D eigenvalue weighted by molar-refractivity contribution is 5.10. The fraction of sp³-hybridized carbons (Fsp3) is 0.667. The largest absolute Gasteiger partial charge is 0.299 e. The van der Waals surface area contributed by atoms with Crippen LogP contribution in [0.15, 0.2) is 21.8 Å². The van der Waals surface area contributed by atoms with Gasteiger partial charge in [-0.1, -0.05) is 31.1 Å². The maximum absolute atomic E-state index is 12.4. The monoisotopic (exact) mass is 345 g/mol. The lowest BCUT2D eigenvalue weighted by molar-refractivity contribution is 0.162. The Bertz CT molecular complexity index is 766. The van der Waals surface area contributed by atoms with Crippen molar-refractivity contribution in [2.24, 2.45) is 5.92 Å². The number of piperidine rings is 1. The van der Waals surface area contributed by atoms with E-state index in [0.717, 1.165) is 56.1 Å². The minimum Gasteiger partial charge on any atom is -0.299 e. The fourth-order valence-corrected chi connectivity index (χ4v) is 3.18. The van der Waals surface area contributed by atoms with Gasteiger partial charge in [0.25, 0.3) is 5.56 Å². The summed E-state index contributed by atoms with van der Waals surface area (Å²) in [7, 11) is 0. The van der Waals surface area contributed by atoms with Gasteiger partial charge in [-0.25, -0.2) is 9.61 Å². The molecule has 0 unspecified atom stereocenters. The number of nitrogens with zero attached hydrogens (tertiary/aromatic N) is 5. The summed E-state index contributed by atoms with van der Waals surface area (Å²) in [6.45, 7) is 11.7. The van der Waals surface area contributed by atoms with Crippen molar-refractivity contribution in [2.75, 3.05) is 13.1 Å². The second-order valence-electron chi connectivity index (χ2n) is 8.03. The molecule has 7 nitrogen and oxygen atoms in total. The molecule has 0 saturated carbocycles. The SMILES string of the molecule is Cc1nonc1CN1CCC(Cn2cnc(C(C)(C)C)cc2=O)CC1. The van der Waals surface area contributed by atoms with Crippen LogP contribution in [0.1, 0.15) is 50.7 Å². The molecule has 3 heterocycles. The lowest BCUT2D eigenvalue weighted by atomic mass is 9.92. The molecule has 1 saturated heterocycles. The lowest BCUT2D eigenvalue weighted by Gasteiger charge is -2.31. The van der Waals surface area contributed by atoms with E-state index in [9.17, 15) is 4.79 Å². The summed E-state index contributed by atoms with van der Waals surface area (Å²) >= 11 is 0. The Hall–Kier alpha value is -2.02. The van der Waals surface area contributed by atoms with Gasteiger partial charge in [-0.3, -0.25) is 14.3 Å². The predicted octanol–water partition coefficient (Wildman–Crippen LogP) is 2.14. The predicted molar refractivity (Wildman–Crippen MR) is 94.2 cm³/mol. The quantitative estimate of drug-likeness (QED) is 0.845. The van der Waals surface area contributed by atoms with E-state index in [0.29, 0.717) is 5.92 Å². The van der Waals surface area contributed by atoms with Crippen LogP contribution >= 0.6 is 0 Å². The van der Waals surface area contributed by atoms with Gasteiger partial charge in [0.2, 0.25) is 0 Å². The van der Waals surface area contributed by atoms with Gasteiger partial charge in [-0.05, 0) is 38.8 Å². The highest BCUT2D eigenvalue weighted by atomic mass is 16.6. The average molecular weight is 345 g/mol. The zero-order valence-electron chi connectivity index (χ0n) is 15.5. The standard InChI is InChI=1S/C18H27N5O2/c1-13-15(21-25-20-13)11-22-7-5-14(6-8-22)10-23-12-19-16(9-17(23)24)18(2,3)4/h9,12,14H,5-8,10-11H2,1-4H3. The Kier molecular flexibility index (Phi) is 5.03. The molecule has 1 fully saturated rings. The van der Waals surface area contributed by atoms with Crippen LogP contribution in [0.5, 0.6) is 0 Å². The molecular formula is C18H27N5O2. The highest BCUT2D eigenvalue weighted by Crippen LogP contribution is 2.21. The average Bonchev–Trinajstić information content (AvgIpc) is 2.95. The second kappa shape index (κ2) is 7.07. The zero-order chi connectivity index (χ0) is 18.0. The Morgan fingerprint density at radius 3 is 2.52 bits per heavy atom. The fourth-order valence-electron chi connectivity index (χ4n) is 3.18. The molecule has 0 radical (unpaired) electrons. The normalized spacial score (nSPS) is 17.1. The first kappa shape index (κ1) is 17.8. The third kappa shape index (κ3) is 4.34. The maximum atomic E-state index is 12.4. The Morgan fingerprint density at radius 2 is 1.96 bits per heavy atom. The second-order valence-corrected chi connectivity index (χ2v) is 8.03. The Balaban J connectivity index is 1.56. The van der Waals surface area contributed by atoms with Gasteiger partial charge in [0.05, 0.1) is 12.0 Å². The Morgan fingerprint density at radius 1 is 1.24 bits per heavy atom. The summed E-state index contributed by atoms with van der Waals surface area (Å²) in [6.07, 6.45) is 3.84. The smallest absolute Gasteiger partial charge is 0.253 e. The van der Waals surface area contributed by atoms with Crippen molar-refractivity contribution < 1.29 is 4.63 Å². The van der Waals surface area contributed by atoms with E-state index in [1.54, 1.807) is 17.0 Å². The van der Waals surface area contributed by atoms with Gasteiger partial charge in [-0.2, -0.15) is 0 Å². The first-order valence-electron chi connectivity index (χ1n) is 8.90. The molecule has 1 aliphatic heterocycles. The van der Waals surface area contributed by atoms with E-state index < -0.39 is 0 Å². The molecule has 2 aromatic rings. The molecule has 136 valence electrons. The van der Waals surface area contributed by atoms with Gasteiger partial charge in [0.15, 0.2) is 0 Å². The third-order valence-electron chi connectivity index (χ3n) is 4.93. The van der Waals surface area contributed by atoms with Crippen LogP contribution in [-0.2, 0) is 18.5 Å². The first-order valence-corrected chi connectivity index (χ1v) is 8.90. The van der Waals surface area contributed by atoms with Crippen LogP contribution in [0, 0.1) is 12.8 Å². The van der Waals surface area contributed by atoms with Crippen LogP contribution in [-0.4, -0.2) is 37.9 Å². The molecule has 7 heteroatoms. The van der Waals surface area contributed by atoms with E-state index in [4.69, 9.17) is 4.63 Å². The number of likely N-dealkylation sites (tertiary alicyclic amines) is 1. The molecule has 0 atom stereocenters. The molecule has 0 amide bonds. The molecule has 0 N–H and O–H groups in total. The maximum Gasteiger partial charge on any atom is 0.253 e. The van der Waals surface area contributed by atoms with Crippen molar-refractivity contribution in [2.45, 2.75) is 59.0 Å². The number of aromatic nitrogens is 4. The van der Waals surface area contributed by atoms with Crippen molar-refractivity contribution in [1.82, 2.24) is 24.8 Å². The van der Waals surface area contributed by atoms with E-state index >= 15 is 0 Å². The van der Waals surface area contributed by atoms with Crippen molar-refractivity contribution in [3.05, 3.63) is 39.8 Å². The molecule has 3 rings (SSSR count). The molecule has 2 aromatic heterocycles. The molecule has 0 aromatic carbocycles. The zero-order valence-corrected chi connectivity index (χ0v) is 15.5. The van der Waals surface area contributed by atoms with Crippen LogP contribution in [0.2, 0.25) is 0 Å². The summed E-state index contributed by atoms with van der Waals surface area (Å²) in [5, 5.41) is 7.78. The first-order chi connectivity index (χ1) is 11.8. The van der Waals surface area contributed by atoms with Crippen LogP contribution in [0.25, 0.3) is 0 Å². The molecule has 25 heavy (non-hydrogen) atoms. The molecular weight excluding hydrogens is 318 g/mol. The third-order valence-corrected chi connectivity index (χ3v) is 4.93. The van der Waals surface area contributed by atoms with Gasteiger partial charge >= 0.3 is 0 Å². The van der Waals surface area contributed by atoms with E-state index in [1.165, 1.54) is 0 Å². The summed E-state index contributed by atoms with van der Waals surface area (Å²) in [6, 6.07) is 1.68. The van der Waals surface area contributed by atoms with E-state index in [1.807, 2.05) is 6.92 Å². The van der Waals surface area contributed by atoms with Crippen molar-refractivity contribution >= 4 is 0 Å². The number of aryl methyl sites for hydroxylation is 1. The van der Waals surface area contributed by atoms with Gasteiger partial charge in [0.1, 0.15) is 11.4 Å². The van der Waals surface area contributed by atoms with Gasteiger partial charge in [0, 0.05) is 24.6 Å². The summed E-state index contributed by atoms with van der Waals surface area (Å²) < 4.78 is 6.51. The molecule has 0 aliphatic carbocycles. The van der Waals surface area contributed by atoms with E-state index in [2.05, 4.69) is 41.0 Å². The van der Waals surface area contributed by atoms with Crippen LogP contribution in [0.4, 0.5) is 0 Å². The van der Waals surface area contributed by atoms with Crippen molar-refractivity contribution in [3.63, 3.8) is 0 Å². The van der Waals surface area contributed by atoms with Crippen molar-refractivity contribution in [3.8, 4) is 0 Å². The minimum atomic E-state index is -0.0995. The summed E-state index contributed by atoms with van der Waals surface area (Å²) in [5.41, 5.74) is 2.57. The molecule has 1 aliphatic rings. The van der Waals surface area contributed by atoms with Crippen LogP contribution < -0.4 is 5.56 Å². The topological polar surface area (TPSA) is 77.1 Å².